The summed E-state index contributed by atoms with van der Waals surface area (Å²) in [5.74, 6) is -1.36. The number of carbonyl (C=O) groups is 2. The second kappa shape index (κ2) is 16.3. The molecule has 0 unspecified atom stereocenters. The van der Waals surface area contributed by atoms with Gasteiger partial charge in [0.25, 0.3) is 0 Å². The standard InChI is InChI=1S/C25H34O4/c1-2-3-4-5-6-7-8-9-10-11-12-13-14-15-16-21-24(26)29-23-20-18-17-19-22(23)25(27)28/h3-4,6-7,9-10,17-20H,2,5,8,11-16,21H2,1H3,(H,27,28). The average Bonchev–Trinajstić information content (AvgIpc) is 2.71. The molecule has 0 bridgehead atoms. The topological polar surface area (TPSA) is 63.6 Å². The van der Waals surface area contributed by atoms with Crippen LogP contribution < -0.4 is 4.74 Å². The highest BCUT2D eigenvalue weighted by molar-refractivity contribution is 5.91. The summed E-state index contributed by atoms with van der Waals surface area (Å²) < 4.78 is 5.19. The van der Waals surface area contributed by atoms with Gasteiger partial charge in [-0.25, -0.2) is 4.79 Å². The van der Waals surface area contributed by atoms with Crippen molar-refractivity contribution in [2.45, 2.75) is 71.1 Å². The van der Waals surface area contributed by atoms with Gasteiger partial charge in [-0.05, 0) is 50.7 Å². The molecule has 0 heterocycles. The third-order valence-corrected chi connectivity index (χ3v) is 4.37. The van der Waals surface area contributed by atoms with Gasteiger partial charge in [-0.15, -0.1) is 0 Å². The molecular formula is C25H34O4. The Balaban J connectivity index is 2.03. The number of hydrogen-bond donors (Lipinski definition) is 1. The van der Waals surface area contributed by atoms with Crippen LogP contribution in [0.3, 0.4) is 0 Å². The molecule has 29 heavy (non-hydrogen) atoms. The van der Waals surface area contributed by atoms with Crippen LogP contribution in [-0.2, 0) is 4.79 Å². The maximum Gasteiger partial charge on any atom is 0.339 e. The summed E-state index contributed by atoms with van der Waals surface area (Å²) in [5, 5.41) is 9.09. The molecule has 0 amide bonds. The minimum atomic E-state index is -1.09. The Morgan fingerprint density at radius 3 is 2.21 bits per heavy atom. The summed E-state index contributed by atoms with van der Waals surface area (Å²) in [5.41, 5.74) is 0.0118. The van der Waals surface area contributed by atoms with Crippen LogP contribution in [-0.4, -0.2) is 17.0 Å². The Bertz CT molecular complexity index is 686. The van der Waals surface area contributed by atoms with E-state index < -0.39 is 5.97 Å². The molecule has 0 saturated carbocycles. The van der Waals surface area contributed by atoms with Gasteiger partial charge < -0.3 is 9.84 Å². The fraction of sp³-hybridized carbons (Fsp3) is 0.440. The molecule has 0 aliphatic heterocycles. The van der Waals surface area contributed by atoms with E-state index in [-0.39, 0.29) is 17.3 Å². The van der Waals surface area contributed by atoms with E-state index in [9.17, 15) is 9.59 Å². The van der Waals surface area contributed by atoms with Crippen molar-refractivity contribution in [3.63, 3.8) is 0 Å². The van der Waals surface area contributed by atoms with Gasteiger partial charge in [-0.2, -0.15) is 0 Å². The van der Waals surface area contributed by atoms with Gasteiger partial charge in [0.05, 0.1) is 0 Å². The normalized spacial score (nSPS) is 11.6. The van der Waals surface area contributed by atoms with E-state index in [1.165, 1.54) is 12.1 Å². The molecule has 0 saturated heterocycles. The molecule has 0 fully saturated rings. The number of carboxylic acid groups (broad SMARTS) is 1. The van der Waals surface area contributed by atoms with Gasteiger partial charge in [-0.3, -0.25) is 4.79 Å². The first kappa shape index (κ1) is 24.4. The number of aromatic carboxylic acids is 1. The lowest BCUT2D eigenvalue weighted by Crippen LogP contribution is -2.10. The maximum absolute atomic E-state index is 11.9. The van der Waals surface area contributed by atoms with Crippen molar-refractivity contribution < 1.29 is 19.4 Å². The van der Waals surface area contributed by atoms with Gasteiger partial charge in [0.15, 0.2) is 0 Å². The van der Waals surface area contributed by atoms with Crippen molar-refractivity contribution in [1.82, 2.24) is 0 Å². The Morgan fingerprint density at radius 1 is 0.862 bits per heavy atom. The lowest BCUT2D eigenvalue weighted by Gasteiger charge is -2.07. The second-order valence-electron chi connectivity index (χ2n) is 6.88. The van der Waals surface area contributed by atoms with Crippen LogP contribution in [0.4, 0.5) is 0 Å². The third-order valence-electron chi connectivity index (χ3n) is 4.37. The fourth-order valence-electron chi connectivity index (χ4n) is 2.79. The van der Waals surface area contributed by atoms with E-state index in [1.807, 2.05) is 0 Å². The first-order valence-corrected chi connectivity index (χ1v) is 10.6. The predicted molar refractivity (Wildman–Crippen MR) is 118 cm³/mol. The van der Waals surface area contributed by atoms with Gasteiger partial charge in [0.2, 0.25) is 0 Å². The zero-order chi connectivity index (χ0) is 21.2. The summed E-state index contributed by atoms with van der Waals surface area (Å²) in [6.07, 6.45) is 22.9. The second-order valence-corrected chi connectivity index (χ2v) is 6.88. The highest BCUT2D eigenvalue weighted by Gasteiger charge is 2.13. The van der Waals surface area contributed by atoms with Crippen molar-refractivity contribution in [3.8, 4) is 5.75 Å². The van der Waals surface area contributed by atoms with Crippen LogP contribution in [0.5, 0.6) is 5.75 Å². The number of rotatable bonds is 15. The Labute approximate surface area is 175 Å². The Morgan fingerprint density at radius 2 is 1.48 bits per heavy atom. The van der Waals surface area contributed by atoms with Crippen molar-refractivity contribution >= 4 is 11.9 Å². The van der Waals surface area contributed by atoms with Crippen LogP contribution in [0, 0.1) is 0 Å². The molecule has 1 aromatic carbocycles. The first-order chi connectivity index (χ1) is 14.1. The molecule has 4 heteroatoms. The number of hydrogen-bond acceptors (Lipinski definition) is 3. The Hall–Kier alpha value is -2.62. The zero-order valence-corrected chi connectivity index (χ0v) is 17.5. The minimum Gasteiger partial charge on any atom is -0.478 e. The van der Waals surface area contributed by atoms with Crippen LogP contribution in [0.1, 0.15) is 81.5 Å². The van der Waals surface area contributed by atoms with Crippen LogP contribution >= 0.6 is 0 Å². The number of benzene rings is 1. The molecule has 0 atom stereocenters. The summed E-state index contributed by atoms with van der Waals surface area (Å²) in [6.45, 7) is 2.14. The molecule has 1 aromatic rings. The molecule has 0 aromatic heterocycles. The molecule has 0 radical (unpaired) electrons. The minimum absolute atomic E-state index is 0.0118. The molecule has 158 valence electrons. The fourth-order valence-corrected chi connectivity index (χ4v) is 2.79. The molecule has 4 nitrogen and oxygen atoms in total. The molecule has 1 rings (SSSR count). The highest BCUT2D eigenvalue weighted by atomic mass is 16.5. The summed E-state index contributed by atoms with van der Waals surface area (Å²) in [7, 11) is 0. The van der Waals surface area contributed by atoms with E-state index in [4.69, 9.17) is 9.84 Å². The average molecular weight is 399 g/mol. The maximum atomic E-state index is 11.9. The molecular weight excluding hydrogens is 364 g/mol. The van der Waals surface area contributed by atoms with Gasteiger partial charge in [0, 0.05) is 6.42 Å². The summed E-state index contributed by atoms with van der Waals surface area (Å²) >= 11 is 0. The largest absolute Gasteiger partial charge is 0.478 e. The number of allylic oxidation sites excluding steroid dienone is 6. The lowest BCUT2D eigenvalue weighted by atomic mass is 10.1. The van der Waals surface area contributed by atoms with E-state index in [0.29, 0.717) is 6.42 Å². The van der Waals surface area contributed by atoms with E-state index in [0.717, 1.165) is 57.8 Å². The van der Waals surface area contributed by atoms with Crippen molar-refractivity contribution in [2.24, 2.45) is 0 Å². The van der Waals surface area contributed by atoms with E-state index >= 15 is 0 Å². The number of ether oxygens (including phenoxy) is 1. The SMILES string of the molecule is CCC=CCC=CCC=CCCCCCCCC(=O)Oc1ccccc1C(=O)O. The summed E-state index contributed by atoms with van der Waals surface area (Å²) in [6, 6.07) is 6.21. The third kappa shape index (κ3) is 12.5. The van der Waals surface area contributed by atoms with Crippen molar-refractivity contribution in [1.29, 1.82) is 0 Å². The van der Waals surface area contributed by atoms with Crippen molar-refractivity contribution in [2.75, 3.05) is 0 Å². The Kier molecular flexibility index (Phi) is 13.8. The summed E-state index contributed by atoms with van der Waals surface area (Å²) in [4.78, 5) is 23.0. The number of unbranched alkanes of at least 4 members (excludes halogenated alkanes) is 5. The van der Waals surface area contributed by atoms with E-state index in [2.05, 4.69) is 43.4 Å². The number of para-hydroxylation sites is 1. The van der Waals surface area contributed by atoms with Gasteiger partial charge >= 0.3 is 11.9 Å². The predicted octanol–water partition coefficient (Wildman–Crippen LogP) is 6.88. The van der Waals surface area contributed by atoms with E-state index in [1.54, 1.807) is 12.1 Å². The smallest absolute Gasteiger partial charge is 0.339 e. The van der Waals surface area contributed by atoms with Crippen LogP contribution in [0.2, 0.25) is 0 Å². The van der Waals surface area contributed by atoms with Crippen LogP contribution in [0.25, 0.3) is 0 Å². The number of carbonyl (C=O) groups excluding carboxylic acids is 1. The molecule has 0 spiro atoms. The number of esters is 1. The monoisotopic (exact) mass is 398 g/mol. The lowest BCUT2D eigenvalue weighted by molar-refractivity contribution is -0.134. The van der Waals surface area contributed by atoms with Gasteiger partial charge in [0.1, 0.15) is 11.3 Å². The number of carboxylic acids is 1. The first-order valence-electron chi connectivity index (χ1n) is 10.6. The van der Waals surface area contributed by atoms with Gasteiger partial charge in [-0.1, -0.05) is 74.8 Å². The molecule has 0 aliphatic carbocycles. The van der Waals surface area contributed by atoms with Crippen molar-refractivity contribution in [3.05, 3.63) is 66.3 Å². The molecule has 0 aliphatic rings. The highest BCUT2D eigenvalue weighted by Crippen LogP contribution is 2.19. The molecule has 1 N–H and O–H groups in total. The van der Waals surface area contributed by atoms with Crippen LogP contribution in [0.15, 0.2) is 60.7 Å². The quantitative estimate of drug-likeness (QED) is 0.151. The zero-order valence-electron chi connectivity index (χ0n) is 17.5.